The van der Waals surface area contributed by atoms with E-state index in [1.54, 1.807) is 6.20 Å². The van der Waals surface area contributed by atoms with E-state index >= 15 is 0 Å². The molecule has 0 bridgehead atoms. The van der Waals surface area contributed by atoms with Crippen molar-refractivity contribution in [3.8, 4) is 0 Å². The maximum atomic E-state index is 8.91. The van der Waals surface area contributed by atoms with Crippen molar-refractivity contribution in [3.05, 3.63) is 16.9 Å². The van der Waals surface area contributed by atoms with Gasteiger partial charge < -0.3 is 10.4 Å². The Bertz CT molecular complexity index is 303. The minimum Gasteiger partial charge on any atom is -0.396 e. The number of hydrogen-bond donors (Lipinski definition) is 2. The Labute approximate surface area is 105 Å². The number of aliphatic hydroxyl groups excluding tert-OH is 1. The summed E-state index contributed by atoms with van der Waals surface area (Å²) >= 11 is 3.37. The van der Waals surface area contributed by atoms with Crippen molar-refractivity contribution in [3.63, 3.8) is 0 Å². The van der Waals surface area contributed by atoms with Crippen molar-refractivity contribution >= 4 is 15.9 Å². The Kier molecular flexibility index (Phi) is 6.01. The molecule has 4 nitrogen and oxygen atoms in total. The first-order valence-electron chi connectivity index (χ1n) is 5.70. The van der Waals surface area contributed by atoms with E-state index in [0.717, 1.165) is 23.9 Å². The molecule has 2 atom stereocenters. The standard InChI is InChI=1S/C11H20BrN3O/c1-3-11(4-5-16)14-9(2)7-15-8-10(12)6-13-15/h6,8-9,11,14,16H,3-5,7H2,1-2H3. The van der Waals surface area contributed by atoms with Gasteiger partial charge in [0.15, 0.2) is 0 Å². The summed E-state index contributed by atoms with van der Waals surface area (Å²) in [6, 6.07) is 0.738. The van der Waals surface area contributed by atoms with Gasteiger partial charge in [0, 0.05) is 24.9 Å². The van der Waals surface area contributed by atoms with Gasteiger partial charge >= 0.3 is 0 Å². The first-order chi connectivity index (χ1) is 7.65. The van der Waals surface area contributed by atoms with Gasteiger partial charge in [-0.1, -0.05) is 6.92 Å². The molecule has 5 heteroatoms. The zero-order chi connectivity index (χ0) is 12.0. The molecule has 0 saturated heterocycles. The minimum absolute atomic E-state index is 0.242. The normalized spacial score (nSPS) is 15.0. The van der Waals surface area contributed by atoms with Gasteiger partial charge in [-0.25, -0.2) is 0 Å². The van der Waals surface area contributed by atoms with E-state index in [4.69, 9.17) is 5.11 Å². The van der Waals surface area contributed by atoms with Crippen molar-refractivity contribution in [1.29, 1.82) is 0 Å². The van der Waals surface area contributed by atoms with Gasteiger partial charge in [0.1, 0.15) is 0 Å². The van der Waals surface area contributed by atoms with E-state index in [-0.39, 0.29) is 6.61 Å². The largest absolute Gasteiger partial charge is 0.396 e. The molecular formula is C11H20BrN3O. The molecule has 0 aliphatic heterocycles. The highest BCUT2D eigenvalue weighted by Crippen LogP contribution is 2.07. The van der Waals surface area contributed by atoms with Crippen LogP contribution in [-0.2, 0) is 6.54 Å². The van der Waals surface area contributed by atoms with Crippen LogP contribution in [-0.4, -0.2) is 33.6 Å². The molecule has 1 heterocycles. The Morgan fingerprint density at radius 1 is 1.62 bits per heavy atom. The second-order valence-corrected chi connectivity index (χ2v) is 4.98. The molecular weight excluding hydrogens is 270 g/mol. The van der Waals surface area contributed by atoms with E-state index in [0.29, 0.717) is 12.1 Å². The van der Waals surface area contributed by atoms with Crippen LogP contribution in [0.25, 0.3) is 0 Å². The van der Waals surface area contributed by atoms with Crippen LogP contribution in [0.4, 0.5) is 0 Å². The van der Waals surface area contributed by atoms with Crippen LogP contribution < -0.4 is 5.32 Å². The Balaban J connectivity index is 2.37. The quantitative estimate of drug-likeness (QED) is 0.805. The molecule has 0 radical (unpaired) electrons. The molecule has 1 aromatic rings. The molecule has 16 heavy (non-hydrogen) atoms. The zero-order valence-electron chi connectivity index (χ0n) is 9.86. The van der Waals surface area contributed by atoms with Gasteiger partial charge in [-0.15, -0.1) is 0 Å². The van der Waals surface area contributed by atoms with E-state index in [2.05, 4.69) is 40.2 Å². The zero-order valence-corrected chi connectivity index (χ0v) is 11.4. The fourth-order valence-electron chi connectivity index (χ4n) is 1.73. The third-order valence-electron chi connectivity index (χ3n) is 2.55. The van der Waals surface area contributed by atoms with Crippen LogP contribution >= 0.6 is 15.9 Å². The number of nitrogens with zero attached hydrogens (tertiary/aromatic N) is 2. The second kappa shape index (κ2) is 7.04. The predicted molar refractivity (Wildman–Crippen MR) is 68.3 cm³/mol. The lowest BCUT2D eigenvalue weighted by molar-refractivity contribution is 0.253. The van der Waals surface area contributed by atoms with Crippen LogP contribution in [0.3, 0.4) is 0 Å². The van der Waals surface area contributed by atoms with Gasteiger partial charge in [0.05, 0.1) is 17.2 Å². The maximum Gasteiger partial charge on any atom is 0.0632 e. The first kappa shape index (κ1) is 13.7. The highest BCUT2D eigenvalue weighted by molar-refractivity contribution is 9.10. The SMILES string of the molecule is CCC(CCO)NC(C)Cn1cc(Br)cn1. The van der Waals surface area contributed by atoms with Crippen LogP contribution in [0.5, 0.6) is 0 Å². The molecule has 0 amide bonds. The molecule has 1 aromatic heterocycles. The number of nitrogens with one attached hydrogen (secondary N) is 1. The fourth-order valence-corrected chi connectivity index (χ4v) is 2.06. The fraction of sp³-hybridized carbons (Fsp3) is 0.727. The summed E-state index contributed by atoms with van der Waals surface area (Å²) in [4.78, 5) is 0. The monoisotopic (exact) mass is 289 g/mol. The summed E-state index contributed by atoms with van der Waals surface area (Å²) < 4.78 is 2.91. The van der Waals surface area contributed by atoms with Crippen LogP contribution in [0.15, 0.2) is 16.9 Å². The van der Waals surface area contributed by atoms with Crippen LogP contribution in [0.1, 0.15) is 26.7 Å². The van der Waals surface area contributed by atoms with Crippen LogP contribution in [0, 0.1) is 0 Å². The molecule has 92 valence electrons. The van der Waals surface area contributed by atoms with Crippen molar-refractivity contribution in [2.45, 2.75) is 45.3 Å². The van der Waals surface area contributed by atoms with Gasteiger partial charge in [0.2, 0.25) is 0 Å². The van der Waals surface area contributed by atoms with E-state index in [9.17, 15) is 0 Å². The molecule has 1 rings (SSSR count). The molecule has 0 aliphatic carbocycles. The Morgan fingerprint density at radius 3 is 2.88 bits per heavy atom. The van der Waals surface area contributed by atoms with E-state index < -0.39 is 0 Å². The number of rotatable bonds is 7. The van der Waals surface area contributed by atoms with Crippen molar-refractivity contribution in [2.24, 2.45) is 0 Å². The third-order valence-corrected chi connectivity index (χ3v) is 2.96. The smallest absolute Gasteiger partial charge is 0.0632 e. The number of halogens is 1. The maximum absolute atomic E-state index is 8.91. The van der Waals surface area contributed by atoms with Crippen LogP contribution in [0.2, 0.25) is 0 Å². The summed E-state index contributed by atoms with van der Waals surface area (Å²) in [6.07, 6.45) is 5.60. The van der Waals surface area contributed by atoms with Crippen molar-refractivity contribution in [2.75, 3.05) is 6.61 Å². The molecule has 0 aliphatic rings. The highest BCUT2D eigenvalue weighted by Gasteiger charge is 2.10. The molecule has 0 fully saturated rings. The Morgan fingerprint density at radius 2 is 2.38 bits per heavy atom. The lowest BCUT2D eigenvalue weighted by Gasteiger charge is -2.21. The minimum atomic E-state index is 0.242. The molecule has 0 saturated carbocycles. The number of aliphatic hydroxyl groups is 1. The van der Waals surface area contributed by atoms with Gasteiger partial charge in [-0.2, -0.15) is 5.10 Å². The Hall–Kier alpha value is -0.390. The summed E-state index contributed by atoms with van der Waals surface area (Å²) in [7, 11) is 0. The number of hydrogen-bond acceptors (Lipinski definition) is 3. The summed E-state index contributed by atoms with van der Waals surface area (Å²) in [5, 5.41) is 16.6. The predicted octanol–water partition coefficient (Wildman–Crippen LogP) is 1.78. The highest BCUT2D eigenvalue weighted by atomic mass is 79.9. The summed E-state index contributed by atoms with van der Waals surface area (Å²) in [5.41, 5.74) is 0. The molecule has 2 N–H and O–H groups in total. The van der Waals surface area contributed by atoms with E-state index in [1.807, 2.05) is 10.9 Å². The third kappa shape index (κ3) is 4.63. The van der Waals surface area contributed by atoms with Gasteiger partial charge in [-0.3, -0.25) is 4.68 Å². The molecule has 2 unspecified atom stereocenters. The number of aromatic nitrogens is 2. The summed E-state index contributed by atoms with van der Waals surface area (Å²) in [5.74, 6) is 0. The average molecular weight is 290 g/mol. The average Bonchev–Trinajstić information content (AvgIpc) is 2.63. The lowest BCUT2D eigenvalue weighted by Crippen LogP contribution is -2.39. The summed E-state index contributed by atoms with van der Waals surface area (Å²) in [6.45, 7) is 5.35. The molecule has 0 aromatic carbocycles. The van der Waals surface area contributed by atoms with Crippen molar-refractivity contribution < 1.29 is 5.11 Å². The van der Waals surface area contributed by atoms with Gasteiger partial charge in [0.25, 0.3) is 0 Å². The first-order valence-corrected chi connectivity index (χ1v) is 6.49. The van der Waals surface area contributed by atoms with E-state index in [1.165, 1.54) is 0 Å². The van der Waals surface area contributed by atoms with Gasteiger partial charge in [-0.05, 0) is 35.7 Å². The second-order valence-electron chi connectivity index (χ2n) is 4.07. The van der Waals surface area contributed by atoms with Crippen molar-refractivity contribution in [1.82, 2.24) is 15.1 Å². The topological polar surface area (TPSA) is 50.1 Å². The lowest BCUT2D eigenvalue weighted by atomic mass is 10.1. The molecule has 0 spiro atoms.